The number of hydrogen-bond acceptors (Lipinski definition) is 3. The lowest BCUT2D eigenvalue weighted by atomic mass is 10.2. The summed E-state index contributed by atoms with van der Waals surface area (Å²) in [5.74, 6) is 0.733. The zero-order chi connectivity index (χ0) is 14.8. The molecule has 0 unspecified atom stereocenters. The monoisotopic (exact) mass is 277 g/mol. The zero-order valence-electron chi connectivity index (χ0n) is 13.0. The minimum Gasteiger partial charge on any atom is -0.310 e. The standard InChI is InChI=1S/C16H27N3O/c1-4-11-19(12-5-2)13-7-9-15(20)18-16-14(3)8-6-10-17-16/h6,8,10H,4-5,7,9,11-13H2,1-3H3,(H,17,18,20). The second kappa shape index (κ2) is 9.48. The lowest BCUT2D eigenvalue weighted by Crippen LogP contribution is -2.27. The Morgan fingerprint density at radius 1 is 1.25 bits per heavy atom. The fraction of sp³-hybridized carbons (Fsp3) is 0.625. The molecular weight excluding hydrogens is 250 g/mol. The van der Waals surface area contributed by atoms with Crippen molar-refractivity contribution >= 4 is 11.7 Å². The number of nitrogens with zero attached hydrogens (tertiary/aromatic N) is 2. The van der Waals surface area contributed by atoms with E-state index in [9.17, 15) is 4.79 Å². The van der Waals surface area contributed by atoms with Gasteiger partial charge in [-0.15, -0.1) is 0 Å². The van der Waals surface area contributed by atoms with Gasteiger partial charge in [0.1, 0.15) is 5.82 Å². The van der Waals surface area contributed by atoms with Gasteiger partial charge in [-0.3, -0.25) is 4.79 Å². The van der Waals surface area contributed by atoms with E-state index in [4.69, 9.17) is 0 Å². The quantitative estimate of drug-likeness (QED) is 0.753. The largest absolute Gasteiger partial charge is 0.310 e. The normalized spacial score (nSPS) is 10.8. The van der Waals surface area contributed by atoms with Crippen LogP contribution in [0.4, 0.5) is 5.82 Å². The smallest absolute Gasteiger partial charge is 0.225 e. The van der Waals surface area contributed by atoms with Crippen LogP contribution in [0.2, 0.25) is 0 Å². The van der Waals surface area contributed by atoms with Crippen LogP contribution in [0, 0.1) is 6.92 Å². The molecule has 112 valence electrons. The Morgan fingerprint density at radius 2 is 1.95 bits per heavy atom. The maximum absolute atomic E-state index is 11.9. The molecule has 0 aliphatic carbocycles. The Kier molecular flexibility index (Phi) is 7.88. The highest BCUT2D eigenvalue weighted by molar-refractivity contribution is 5.90. The molecule has 1 aromatic rings. The Labute approximate surface area is 122 Å². The van der Waals surface area contributed by atoms with Crippen LogP contribution < -0.4 is 5.32 Å². The molecule has 1 rings (SSSR count). The van der Waals surface area contributed by atoms with Crippen molar-refractivity contribution in [2.75, 3.05) is 25.0 Å². The van der Waals surface area contributed by atoms with Gasteiger partial charge in [0.05, 0.1) is 0 Å². The summed E-state index contributed by atoms with van der Waals surface area (Å²) < 4.78 is 0. The molecule has 0 aromatic carbocycles. The predicted molar refractivity (Wildman–Crippen MR) is 83.9 cm³/mol. The summed E-state index contributed by atoms with van der Waals surface area (Å²) in [5.41, 5.74) is 0.999. The van der Waals surface area contributed by atoms with Crippen molar-refractivity contribution in [1.82, 2.24) is 9.88 Å². The Balaban J connectivity index is 2.31. The molecule has 0 atom stereocenters. The van der Waals surface area contributed by atoms with Crippen LogP contribution in [0.15, 0.2) is 18.3 Å². The van der Waals surface area contributed by atoms with E-state index < -0.39 is 0 Å². The molecule has 0 spiro atoms. The third-order valence-electron chi connectivity index (χ3n) is 3.23. The van der Waals surface area contributed by atoms with Gasteiger partial charge in [-0.2, -0.15) is 0 Å². The Bertz CT molecular complexity index is 400. The van der Waals surface area contributed by atoms with Crippen LogP contribution in [0.5, 0.6) is 0 Å². The first-order chi connectivity index (χ1) is 9.67. The molecule has 0 bridgehead atoms. The molecule has 0 aliphatic rings. The number of pyridine rings is 1. The molecule has 20 heavy (non-hydrogen) atoms. The summed E-state index contributed by atoms with van der Waals surface area (Å²) in [4.78, 5) is 18.5. The highest BCUT2D eigenvalue weighted by Gasteiger charge is 2.07. The maximum atomic E-state index is 11.9. The van der Waals surface area contributed by atoms with Gasteiger partial charge in [0.2, 0.25) is 5.91 Å². The molecule has 1 N–H and O–H groups in total. The minimum absolute atomic E-state index is 0.0553. The highest BCUT2D eigenvalue weighted by Crippen LogP contribution is 2.10. The molecule has 0 aliphatic heterocycles. The van der Waals surface area contributed by atoms with Gasteiger partial charge in [0.15, 0.2) is 0 Å². The van der Waals surface area contributed by atoms with E-state index in [0.717, 1.165) is 31.6 Å². The number of nitrogens with one attached hydrogen (secondary N) is 1. The van der Waals surface area contributed by atoms with Crippen molar-refractivity contribution in [3.8, 4) is 0 Å². The van der Waals surface area contributed by atoms with E-state index in [1.165, 1.54) is 12.8 Å². The zero-order valence-corrected chi connectivity index (χ0v) is 13.0. The molecular formula is C16H27N3O. The van der Waals surface area contributed by atoms with Crippen molar-refractivity contribution < 1.29 is 4.79 Å². The number of aryl methyl sites for hydroxylation is 1. The molecule has 0 fully saturated rings. The lowest BCUT2D eigenvalue weighted by Gasteiger charge is -2.20. The van der Waals surface area contributed by atoms with E-state index >= 15 is 0 Å². The summed E-state index contributed by atoms with van der Waals surface area (Å²) in [7, 11) is 0. The van der Waals surface area contributed by atoms with Crippen molar-refractivity contribution in [3.05, 3.63) is 23.9 Å². The van der Waals surface area contributed by atoms with E-state index in [1.54, 1.807) is 6.20 Å². The predicted octanol–water partition coefficient (Wildman–Crippen LogP) is 3.23. The van der Waals surface area contributed by atoms with Gasteiger partial charge in [0.25, 0.3) is 0 Å². The molecule has 0 radical (unpaired) electrons. The number of hydrogen-bond donors (Lipinski definition) is 1. The number of aromatic nitrogens is 1. The molecule has 4 nitrogen and oxygen atoms in total. The summed E-state index contributed by atoms with van der Waals surface area (Å²) in [6.07, 6.45) is 5.49. The first kappa shape index (κ1) is 16.6. The average molecular weight is 277 g/mol. The number of rotatable bonds is 9. The van der Waals surface area contributed by atoms with Crippen molar-refractivity contribution in [3.63, 3.8) is 0 Å². The van der Waals surface area contributed by atoms with Gasteiger partial charge in [0, 0.05) is 12.6 Å². The third kappa shape index (κ3) is 6.15. The van der Waals surface area contributed by atoms with E-state index in [2.05, 4.69) is 29.0 Å². The van der Waals surface area contributed by atoms with E-state index in [1.807, 2.05) is 19.1 Å². The number of amides is 1. The first-order valence-electron chi connectivity index (χ1n) is 7.61. The van der Waals surface area contributed by atoms with Crippen LogP contribution >= 0.6 is 0 Å². The SMILES string of the molecule is CCCN(CCC)CCCC(=O)Nc1ncccc1C. The lowest BCUT2D eigenvalue weighted by molar-refractivity contribution is -0.116. The summed E-state index contributed by atoms with van der Waals surface area (Å²) in [5, 5.41) is 2.88. The highest BCUT2D eigenvalue weighted by atomic mass is 16.1. The van der Waals surface area contributed by atoms with Gasteiger partial charge < -0.3 is 10.2 Å². The van der Waals surface area contributed by atoms with Crippen molar-refractivity contribution in [1.29, 1.82) is 0 Å². The molecule has 0 saturated carbocycles. The van der Waals surface area contributed by atoms with Gasteiger partial charge in [-0.25, -0.2) is 4.98 Å². The van der Waals surface area contributed by atoms with Crippen molar-refractivity contribution in [2.24, 2.45) is 0 Å². The molecule has 0 saturated heterocycles. The molecule has 1 aromatic heterocycles. The fourth-order valence-electron chi connectivity index (χ4n) is 2.24. The van der Waals surface area contributed by atoms with Gasteiger partial charge >= 0.3 is 0 Å². The second-order valence-corrected chi connectivity index (χ2v) is 5.16. The van der Waals surface area contributed by atoms with Gasteiger partial charge in [-0.1, -0.05) is 19.9 Å². The average Bonchev–Trinajstić information content (AvgIpc) is 2.42. The van der Waals surface area contributed by atoms with Crippen LogP contribution in [0.25, 0.3) is 0 Å². The molecule has 4 heteroatoms. The van der Waals surface area contributed by atoms with Crippen molar-refractivity contribution in [2.45, 2.75) is 46.5 Å². The van der Waals surface area contributed by atoms with Crippen LogP contribution in [-0.2, 0) is 4.79 Å². The summed E-state index contributed by atoms with van der Waals surface area (Å²) in [6.45, 7) is 9.57. The second-order valence-electron chi connectivity index (χ2n) is 5.16. The summed E-state index contributed by atoms with van der Waals surface area (Å²) in [6, 6.07) is 3.82. The van der Waals surface area contributed by atoms with E-state index in [-0.39, 0.29) is 5.91 Å². The first-order valence-corrected chi connectivity index (χ1v) is 7.61. The number of anilines is 1. The third-order valence-corrected chi connectivity index (χ3v) is 3.23. The molecule has 1 amide bonds. The van der Waals surface area contributed by atoms with Crippen LogP contribution in [0.3, 0.4) is 0 Å². The fourth-order valence-corrected chi connectivity index (χ4v) is 2.24. The number of carbonyl (C=O) groups is 1. The topological polar surface area (TPSA) is 45.2 Å². The Morgan fingerprint density at radius 3 is 2.55 bits per heavy atom. The minimum atomic E-state index is 0.0553. The van der Waals surface area contributed by atoms with Crippen LogP contribution in [-0.4, -0.2) is 35.4 Å². The Hall–Kier alpha value is -1.42. The summed E-state index contributed by atoms with van der Waals surface area (Å²) >= 11 is 0. The molecule has 1 heterocycles. The number of carbonyl (C=O) groups excluding carboxylic acids is 1. The maximum Gasteiger partial charge on any atom is 0.225 e. The van der Waals surface area contributed by atoms with Crippen LogP contribution in [0.1, 0.15) is 45.1 Å². The van der Waals surface area contributed by atoms with E-state index in [0.29, 0.717) is 12.2 Å². The van der Waals surface area contributed by atoms with Gasteiger partial charge in [-0.05, 0) is 57.5 Å².